The van der Waals surface area contributed by atoms with E-state index < -0.39 is 0 Å². The number of unbranched alkanes of at least 4 members (excludes halogenated alkanes) is 1. The summed E-state index contributed by atoms with van der Waals surface area (Å²) in [5, 5.41) is 0. The van der Waals surface area contributed by atoms with Gasteiger partial charge in [-0.05, 0) is 11.0 Å². The van der Waals surface area contributed by atoms with Gasteiger partial charge in [-0.3, -0.25) is 6.08 Å². The number of hydrogen-bond acceptors (Lipinski definition) is 0. The summed E-state index contributed by atoms with van der Waals surface area (Å²) < 4.78 is 0. The minimum Gasteiger partial charge on any atom is -1.00 e. The summed E-state index contributed by atoms with van der Waals surface area (Å²) in [6, 6.07) is 0. The quantitative estimate of drug-likeness (QED) is 0.395. The van der Waals surface area contributed by atoms with Crippen LogP contribution in [0, 0.1) is 26.8 Å². The average Bonchev–Trinajstić information content (AvgIpc) is 2.36. The zero-order chi connectivity index (χ0) is 11.1. The van der Waals surface area contributed by atoms with Gasteiger partial charge in [0.2, 0.25) is 0 Å². The summed E-state index contributed by atoms with van der Waals surface area (Å²) in [6.45, 7) is 11.4. The molecule has 0 amide bonds. The van der Waals surface area contributed by atoms with Crippen LogP contribution in [-0.4, -0.2) is 17.5 Å². The molecule has 1 unspecified atom stereocenters. The summed E-state index contributed by atoms with van der Waals surface area (Å²) in [7, 11) is 0. The first-order valence-corrected chi connectivity index (χ1v) is 5.47. The molecule has 0 fully saturated rings. The van der Waals surface area contributed by atoms with Crippen molar-refractivity contribution in [3.05, 3.63) is 43.4 Å². The van der Waals surface area contributed by atoms with Crippen LogP contribution in [0.4, 0.5) is 0 Å². The molecule has 1 rings (SSSR count). The molecule has 0 spiro atoms. The second-order valence-electron chi connectivity index (χ2n) is 3.90. The van der Waals surface area contributed by atoms with Crippen molar-refractivity contribution in [2.45, 2.75) is 47.5 Å². The summed E-state index contributed by atoms with van der Waals surface area (Å²) >= 11 is 0. The fourth-order valence-electron chi connectivity index (χ4n) is 1.34. The van der Waals surface area contributed by atoms with Gasteiger partial charge in [0.15, 0.2) is 0 Å². The number of nitrogens with one attached hydrogen (secondary N) is 1. The van der Waals surface area contributed by atoms with Gasteiger partial charge in [-0.15, -0.1) is 6.92 Å². The molecule has 1 N–H and O–H groups in total. The first kappa shape index (κ1) is 42.8. The van der Waals surface area contributed by atoms with Crippen LogP contribution >= 0.6 is 0 Å². The Morgan fingerprint density at radius 3 is 1.55 bits per heavy atom. The van der Waals surface area contributed by atoms with Crippen molar-refractivity contribution >= 4 is 11.0 Å². The molecule has 1 nitrogen and oxygen atoms in total. The van der Waals surface area contributed by atoms with Gasteiger partial charge in [0.25, 0.3) is 0 Å². The van der Waals surface area contributed by atoms with Crippen LogP contribution in [0.15, 0.2) is 16.7 Å². The van der Waals surface area contributed by atoms with Crippen LogP contribution in [0.2, 0.25) is 0 Å². The molecule has 1 aliphatic rings. The summed E-state index contributed by atoms with van der Waals surface area (Å²) in [5.41, 5.74) is 10.8. The van der Waals surface area contributed by atoms with E-state index in [-0.39, 0.29) is 72.4 Å². The average molecular weight is 374 g/mol. The Kier molecular flexibility index (Phi) is 53.4. The Labute approximate surface area is 160 Å². The van der Waals surface area contributed by atoms with Crippen LogP contribution < -0.4 is 24.8 Å². The third-order valence-corrected chi connectivity index (χ3v) is 2.77. The normalized spacial score (nSPS) is 14.3. The van der Waals surface area contributed by atoms with E-state index in [0.29, 0.717) is 12.5 Å². The Hall–Kier alpha value is 0.951. The van der Waals surface area contributed by atoms with Crippen molar-refractivity contribution in [1.29, 1.82) is 0 Å². The maximum Gasteiger partial charge on any atom is 2.00 e. The number of allylic oxidation sites excluding steroid dienone is 4. The minimum atomic E-state index is 0. The molecule has 0 aromatic rings. The van der Waals surface area contributed by atoms with Gasteiger partial charge < -0.3 is 45.4 Å². The second kappa shape index (κ2) is 24.9. The minimum absolute atomic E-state index is 0. The van der Waals surface area contributed by atoms with Gasteiger partial charge >= 0.3 is 21.7 Å². The summed E-state index contributed by atoms with van der Waals surface area (Å²) in [5.74, 6) is 0.560. The van der Waals surface area contributed by atoms with E-state index in [9.17, 15) is 0 Å². The summed E-state index contributed by atoms with van der Waals surface area (Å²) in [4.78, 5) is 0. The van der Waals surface area contributed by atoms with Gasteiger partial charge in [0, 0.05) is 0 Å². The fourth-order valence-corrected chi connectivity index (χ4v) is 1.34. The molecule has 0 bridgehead atoms. The molecule has 1 atom stereocenters. The van der Waals surface area contributed by atoms with Crippen molar-refractivity contribution in [3.63, 3.8) is 0 Å². The van der Waals surface area contributed by atoms with Crippen molar-refractivity contribution < 1.29 is 46.5 Å². The van der Waals surface area contributed by atoms with Crippen molar-refractivity contribution in [1.82, 2.24) is 0 Å². The monoisotopic (exact) mass is 373 g/mol. The molecule has 0 aromatic carbocycles. The molecule has 0 radical (unpaired) electrons. The van der Waals surface area contributed by atoms with E-state index in [0.717, 1.165) is 12.8 Å². The molecule has 0 aromatic heterocycles. The summed E-state index contributed by atoms with van der Waals surface area (Å²) in [6.07, 6.45) is 5.57. The molecule has 0 saturated carbocycles. The van der Waals surface area contributed by atoms with Gasteiger partial charge in [-0.1, -0.05) is 46.5 Å². The zero-order valence-corrected chi connectivity index (χ0v) is 16.5. The number of rotatable bonds is 2. The molecular weight excluding hydrogens is 341 g/mol. The van der Waals surface area contributed by atoms with Gasteiger partial charge in [0.1, 0.15) is 0 Å². The third-order valence-electron chi connectivity index (χ3n) is 2.77. The molecule has 1 aliphatic carbocycles. The number of halogens is 2. The van der Waals surface area contributed by atoms with Crippen LogP contribution in [0.25, 0.3) is 5.73 Å². The Bertz CT molecular complexity index is 242. The number of hydrogen-bond donors (Lipinski definition) is 0. The molecule has 0 saturated heterocycles. The Balaban J connectivity index is -0.0000000282. The third kappa shape index (κ3) is 17.0. The van der Waals surface area contributed by atoms with Crippen molar-refractivity contribution in [2.75, 3.05) is 6.54 Å². The zero-order valence-electron chi connectivity index (χ0n) is 13.5. The van der Waals surface area contributed by atoms with Crippen molar-refractivity contribution in [3.8, 4) is 0 Å². The standard InChI is InChI=1S/C9H13.C4H10N.2CH3.2ClH.H4Si.Ti/c1-6-5-7(2)9(4)8(6)3;1-2-3-4-5;;;;;;/h6H,1-4H3;5H,2-4H2,1H3;2*1H3;2*1H;1H4;/q4*-1;;;;+2/p-2. The van der Waals surface area contributed by atoms with Crippen LogP contribution in [-0.2, 0) is 21.7 Å². The molecule has 5 heteroatoms. The maximum absolute atomic E-state index is 6.60. The van der Waals surface area contributed by atoms with Crippen LogP contribution in [0.1, 0.15) is 47.5 Å². The predicted molar refractivity (Wildman–Crippen MR) is 88.2 cm³/mol. The van der Waals surface area contributed by atoms with Gasteiger partial charge in [0.05, 0.1) is 0 Å². The van der Waals surface area contributed by atoms with Gasteiger partial charge in [-0.2, -0.15) is 17.7 Å². The van der Waals surface area contributed by atoms with E-state index >= 15 is 0 Å². The van der Waals surface area contributed by atoms with E-state index in [4.69, 9.17) is 5.73 Å². The Morgan fingerprint density at radius 1 is 1.10 bits per heavy atom. The van der Waals surface area contributed by atoms with Crippen molar-refractivity contribution in [2.24, 2.45) is 5.92 Å². The van der Waals surface area contributed by atoms with Crippen LogP contribution in [0.5, 0.6) is 0 Å². The van der Waals surface area contributed by atoms with E-state index in [2.05, 4.69) is 40.7 Å². The smallest absolute Gasteiger partial charge is 1.00 e. The van der Waals surface area contributed by atoms with E-state index in [1.165, 1.54) is 16.7 Å². The largest absolute Gasteiger partial charge is 2.00 e. The molecular formula is C15H33Cl2NSiTi-4. The predicted octanol–water partition coefficient (Wildman–Crippen LogP) is -1.98. The molecule has 0 aliphatic heterocycles. The SMILES string of the molecule is CC1=[C-]C(C)C(C)=C1C.CCCC[NH-].[CH3-].[CH3-].[Cl-].[Cl-].[SiH4].[Ti+2]. The topological polar surface area (TPSA) is 23.8 Å². The fraction of sp³-hybridized carbons (Fsp3) is 0.600. The van der Waals surface area contributed by atoms with Crippen LogP contribution in [0.3, 0.4) is 0 Å². The molecule has 20 heavy (non-hydrogen) atoms. The first-order chi connectivity index (χ1) is 6.54. The maximum atomic E-state index is 6.60. The molecule has 124 valence electrons. The van der Waals surface area contributed by atoms with Gasteiger partial charge in [-0.25, -0.2) is 5.57 Å². The molecule has 0 heterocycles. The van der Waals surface area contributed by atoms with E-state index in [1.54, 1.807) is 0 Å². The van der Waals surface area contributed by atoms with E-state index in [1.807, 2.05) is 0 Å². The second-order valence-corrected chi connectivity index (χ2v) is 3.90. The first-order valence-electron chi connectivity index (χ1n) is 5.47. The Morgan fingerprint density at radius 2 is 1.50 bits per heavy atom.